The van der Waals surface area contributed by atoms with Gasteiger partial charge in [-0.25, -0.2) is 0 Å². The molecule has 1 N–H and O–H groups in total. The van der Waals surface area contributed by atoms with Crippen molar-refractivity contribution >= 4 is 17.7 Å². The van der Waals surface area contributed by atoms with E-state index in [4.69, 9.17) is 0 Å². The first kappa shape index (κ1) is 13.7. The Hall–Kier alpha value is -1.74. The van der Waals surface area contributed by atoms with Gasteiger partial charge in [0.15, 0.2) is 0 Å². The van der Waals surface area contributed by atoms with Crippen LogP contribution in [0.2, 0.25) is 0 Å². The Bertz CT molecular complexity index is 539. The zero-order chi connectivity index (χ0) is 13.5. The number of rotatable bonds is 5. The molecular weight excluding hydrogens is 254 g/mol. The Morgan fingerprint density at radius 1 is 1.05 bits per heavy atom. The maximum absolute atomic E-state index is 12.2. The van der Waals surface area contributed by atoms with Gasteiger partial charge >= 0.3 is 0 Å². The zero-order valence-corrected chi connectivity index (χ0v) is 11.7. The average Bonchev–Trinajstić information content (AvgIpc) is 2.47. The lowest BCUT2D eigenvalue weighted by atomic mass is 10.2. The minimum atomic E-state index is -0.0135. The molecule has 0 aromatic heterocycles. The lowest BCUT2D eigenvalue weighted by Crippen LogP contribution is -2.23. The Labute approximate surface area is 118 Å². The van der Waals surface area contributed by atoms with Crippen molar-refractivity contribution in [3.63, 3.8) is 0 Å². The highest BCUT2D eigenvalue weighted by molar-refractivity contribution is 7.99. The highest BCUT2D eigenvalue weighted by Gasteiger charge is 2.10. The molecule has 0 radical (unpaired) electrons. The highest BCUT2D eigenvalue weighted by atomic mass is 32.2. The number of carbonyl (C=O) groups excluding carboxylic acids is 1. The van der Waals surface area contributed by atoms with E-state index in [-0.39, 0.29) is 5.91 Å². The zero-order valence-electron chi connectivity index (χ0n) is 10.9. The van der Waals surface area contributed by atoms with Crippen molar-refractivity contribution in [2.24, 2.45) is 0 Å². The van der Waals surface area contributed by atoms with Crippen LogP contribution >= 0.6 is 11.8 Å². The molecule has 0 aliphatic rings. The standard InChI is InChI=1S/C16H17NOS/c1-2-19-15-11-7-6-10-14(15)16(18)17-12-13-8-4-3-5-9-13/h3-11H,2,12H2,1H3,(H,17,18). The minimum Gasteiger partial charge on any atom is -0.348 e. The molecule has 1 amide bonds. The van der Waals surface area contributed by atoms with Crippen LogP contribution in [0.3, 0.4) is 0 Å². The van der Waals surface area contributed by atoms with E-state index in [1.54, 1.807) is 11.8 Å². The van der Waals surface area contributed by atoms with Crippen molar-refractivity contribution in [2.75, 3.05) is 5.75 Å². The number of amides is 1. The van der Waals surface area contributed by atoms with Crippen LogP contribution in [0.5, 0.6) is 0 Å². The Morgan fingerprint density at radius 3 is 2.47 bits per heavy atom. The van der Waals surface area contributed by atoms with E-state index in [0.717, 1.165) is 21.8 Å². The molecular formula is C16H17NOS. The van der Waals surface area contributed by atoms with Gasteiger partial charge in [0, 0.05) is 11.4 Å². The van der Waals surface area contributed by atoms with Crippen molar-refractivity contribution < 1.29 is 4.79 Å². The number of nitrogens with one attached hydrogen (secondary N) is 1. The largest absolute Gasteiger partial charge is 0.348 e. The van der Waals surface area contributed by atoms with Gasteiger partial charge in [-0.3, -0.25) is 4.79 Å². The van der Waals surface area contributed by atoms with Crippen LogP contribution in [0.1, 0.15) is 22.8 Å². The lowest BCUT2D eigenvalue weighted by molar-refractivity contribution is 0.0948. The number of carbonyl (C=O) groups is 1. The molecule has 0 aliphatic carbocycles. The van der Waals surface area contributed by atoms with Crippen LogP contribution in [0.4, 0.5) is 0 Å². The molecule has 0 heterocycles. The first-order chi connectivity index (χ1) is 9.31. The second-order valence-corrected chi connectivity index (χ2v) is 5.40. The van der Waals surface area contributed by atoms with Crippen LogP contribution in [-0.4, -0.2) is 11.7 Å². The number of hydrogen-bond donors (Lipinski definition) is 1. The van der Waals surface area contributed by atoms with Gasteiger partial charge in [0.1, 0.15) is 0 Å². The van der Waals surface area contributed by atoms with Crippen molar-refractivity contribution in [3.05, 3.63) is 65.7 Å². The molecule has 0 atom stereocenters. The summed E-state index contributed by atoms with van der Waals surface area (Å²) in [5.74, 6) is 0.948. The summed E-state index contributed by atoms with van der Waals surface area (Å²) in [5, 5.41) is 2.96. The summed E-state index contributed by atoms with van der Waals surface area (Å²) in [4.78, 5) is 13.2. The van der Waals surface area contributed by atoms with Crippen LogP contribution in [0.15, 0.2) is 59.5 Å². The van der Waals surface area contributed by atoms with Crippen LogP contribution in [0.25, 0.3) is 0 Å². The molecule has 0 spiro atoms. The maximum atomic E-state index is 12.2. The van der Waals surface area contributed by atoms with Gasteiger partial charge in [-0.15, -0.1) is 11.8 Å². The third-order valence-electron chi connectivity index (χ3n) is 2.73. The summed E-state index contributed by atoms with van der Waals surface area (Å²) < 4.78 is 0. The van der Waals surface area contributed by atoms with Gasteiger partial charge in [0.05, 0.1) is 5.56 Å². The number of benzene rings is 2. The van der Waals surface area contributed by atoms with Crippen LogP contribution in [-0.2, 0) is 6.54 Å². The fourth-order valence-electron chi connectivity index (χ4n) is 1.81. The molecule has 2 rings (SSSR count). The minimum absolute atomic E-state index is 0.0135. The summed E-state index contributed by atoms with van der Waals surface area (Å²) in [6, 6.07) is 17.7. The van der Waals surface area contributed by atoms with E-state index < -0.39 is 0 Å². The van der Waals surface area contributed by atoms with Crippen LogP contribution in [0, 0.1) is 0 Å². The van der Waals surface area contributed by atoms with Crippen LogP contribution < -0.4 is 5.32 Å². The second kappa shape index (κ2) is 7.00. The molecule has 2 aromatic rings. The molecule has 98 valence electrons. The summed E-state index contributed by atoms with van der Waals surface area (Å²) in [6.07, 6.45) is 0. The fourth-order valence-corrected chi connectivity index (χ4v) is 2.61. The number of hydrogen-bond acceptors (Lipinski definition) is 2. The predicted molar refractivity (Wildman–Crippen MR) is 80.5 cm³/mol. The van der Waals surface area contributed by atoms with Gasteiger partial charge in [-0.2, -0.15) is 0 Å². The molecule has 19 heavy (non-hydrogen) atoms. The molecule has 2 nitrogen and oxygen atoms in total. The van der Waals surface area contributed by atoms with E-state index in [9.17, 15) is 4.79 Å². The van der Waals surface area contributed by atoms with Crippen molar-refractivity contribution in [2.45, 2.75) is 18.4 Å². The van der Waals surface area contributed by atoms with Crippen molar-refractivity contribution in [1.82, 2.24) is 5.32 Å². The molecule has 0 bridgehead atoms. The first-order valence-corrected chi connectivity index (χ1v) is 7.33. The lowest BCUT2D eigenvalue weighted by Gasteiger charge is -2.09. The fraction of sp³-hybridized carbons (Fsp3) is 0.188. The molecule has 0 unspecified atom stereocenters. The monoisotopic (exact) mass is 271 g/mol. The van der Waals surface area contributed by atoms with Crippen molar-refractivity contribution in [1.29, 1.82) is 0 Å². The molecule has 0 saturated heterocycles. The Morgan fingerprint density at radius 2 is 1.74 bits per heavy atom. The topological polar surface area (TPSA) is 29.1 Å². The molecule has 3 heteroatoms. The third kappa shape index (κ3) is 3.86. The maximum Gasteiger partial charge on any atom is 0.252 e. The smallest absolute Gasteiger partial charge is 0.252 e. The average molecular weight is 271 g/mol. The summed E-state index contributed by atoms with van der Waals surface area (Å²) in [5.41, 5.74) is 1.86. The normalized spacial score (nSPS) is 10.2. The van der Waals surface area contributed by atoms with Gasteiger partial charge in [0.25, 0.3) is 5.91 Å². The van der Waals surface area contributed by atoms with Gasteiger partial charge in [-0.05, 0) is 23.4 Å². The second-order valence-electron chi connectivity index (χ2n) is 4.10. The summed E-state index contributed by atoms with van der Waals surface area (Å²) in [6.45, 7) is 2.65. The van der Waals surface area contributed by atoms with E-state index in [1.807, 2.05) is 54.6 Å². The molecule has 0 fully saturated rings. The van der Waals surface area contributed by atoms with Crippen molar-refractivity contribution in [3.8, 4) is 0 Å². The predicted octanol–water partition coefficient (Wildman–Crippen LogP) is 3.73. The first-order valence-electron chi connectivity index (χ1n) is 6.35. The van der Waals surface area contributed by atoms with E-state index in [2.05, 4.69) is 12.2 Å². The molecule has 0 saturated carbocycles. The molecule has 2 aromatic carbocycles. The van der Waals surface area contributed by atoms with Gasteiger partial charge in [-0.1, -0.05) is 49.4 Å². The van der Waals surface area contributed by atoms with E-state index in [0.29, 0.717) is 6.54 Å². The highest BCUT2D eigenvalue weighted by Crippen LogP contribution is 2.22. The summed E-state index contributed by atoms with van der Waals surface area (Å²) in [7, 11) is 0. The van der Waals surface area contributed by atoms with E-state index in [1.165, 1.54) is 0 Å². The van der Waals surface area contributed by atoms with Gasteiger partial charge < -0.3 is 5.32 Å². The quantitative estimate of drug-likeness (QED) is 0.840. The third-order valence-corrected chi connectivity index (χ3v) is 3.68. The molecule has 0 aliphatic heterocycles. The van der Waals surface area contributed by atoms with E-state index >= 15 is 0 Å². The number of thioether (sulfide) groups is 1. The Balaban J connectivity index is 2.04. The Kier molecular flexibility index (Phi) is 5.04. The van der Waals surface area contributed by atoms with Gasteiger partial charge in [0.2, 0.25) is 0 Å². The SMILES string of the molecule is CCSc1ccccc1C(=O)NCc1ccccc1. The summed E-state index contributed by atoms with van der Waals surface area (Å²) >= 11 is 1.69.